The molecule has 0 spiro atoms. The lowest BCUT2D eigenvalue weighted by molar-refractivity contribution is -0.118. The number of thioether (sulfide) groups is 1. The minimum Gasteiger partial charge on any atom is -0.411 e. The van der Waals surface area contributed by atoms with Gasteiger partial charge in [0.05, 0.1) is 5.75 Å². The highest BCUT2D eigenvalue weighted by molar-refractivity contribution is 9.10. The van der Waals surface area contributed by atoms with Gasteiger partial charge in [-0.3, -0.25) is 4.79 Å². The van der Waals surface area contributed by atoms with Crippen molar-refractivity contribution in [2.45, 2.75) is 18.7 Å². The van der Waals surface area contributed by atoms with Crippen molar-refractivity contribution >= 4 is 33.6 Å². The summed E-state index contributed by atoms with van der Waals surface area (Å²) in [5, 5.41) is 11.2. The molecule has 2 aromatic carbocycles. The molecule has 5 nitrogen and oxygen atoms in total. The molecule has 0 atom stereocenters. The second-order valence-electron chi connectivity index (χ2n) is 5.43. The van der Waals surface area contributed by atoms with Crippen LogP contribution < -0.4 is 5.32 Å². The number of nitrogens with zero attached hydrogens (tertiary/aromatic N) is 2. The van der Waals surface area contributed by atoms with E-state index >= 15 is 0 Å². The summed E-state index contributed by atoms with van der Waals surface area (Å²) in [6.45, 7) is 2.54. The summed E-state index contributed by atoms with van der Waals surface area (Å²) in [6.07, 6.45) is 0. The highest BCUT2D eigenvalue weighted by Gasteiger charge is 2.11. The summed E-state index contributed by atoms with van der Waals surface area (Å²) < 4.78 is 6.56. The van der Waals surface area contributed by atoms with Crippen molar-refractivity contribution < 1.29 is 9.21 Å². The molecule has 25 heavy (non-hydrogen) atoms. The minimum absolute atomic E-state index is 0.0750. The molecule has 3 rings (SSSR count). The van der Waals surface area contributed by atoms with Gasteiger partial charge < -0.3 is 9.73 Å². The minimum atomic E-state index is -0.0750. The monoisotopic (exact) mass is 417 g/mol. The number of aromatic nitrogens is 2. The SMILES string of the molecule is Cc1ccc(CNC(=O)CSc2nnc(-c3ccc(Br)cc3)o2)cc1. The largest absolute Gasteiger partial charge is 0.411 e. The number of nitrogens with one attached hydrogen (secondary N) is 1. The number of carbonyl (C=O) groups is 1. The van der Waals surface area contributed by atoms with Gasteiger partial charge in [-0.1, -0.05) is 57.5 Å². The fraction of sp³-hybridized carbons (Fsp3) is 0.167. The van der Waals surface area contributed by atoms with Gasteiger partial charge in [0, 0.05) is 16.6 Å². The Balaban J connectivity index is 1.49. The third kappa shape index (κ3) is 5.17. The Labute approximate surface area is 158 Å². The molecule has 0 unspecified atom stereocenters. The standard InChI is InChI=1S/C18H16BrN3O2S/c1-12-2-4-13(5-3-12)10-20-16(23)11-25-18-22-21-17(24-18)14-6-8-15(19)9-7-14/h2-9H,10-11H2,1H3,(H,20,23). The van der Waals surface area contributed by atoms with Gasteiger partial charge in [-0.15, -0.1) is 10.2 Å². The Morgan fingerprint density at radius 2 is 1.84 bits per heavy atom. The third-order valence-electron chi connectivity index (χ3n) is 3.43. The van der Waals surface area contributed by atoms with E-state index in [1.54, 1.807) is 0 Å². The zero-order valence-electron chi connectivity index (χ0n) is 13.5. The molecule has 0 saturated carbocycles. The average molecular weight is 418 g/mol. The average Bonchev–Trinajstić information content (AvgIpc) is 3.09. The first kappa shape index (κ1) is 17.7. The maximum atomic E-state index is 11.9. The van der Waals surface area contributed by atoms with Crippen LogP contribution in [0.3, 0.4) is 0 Å². The summed E-state index contributed by atoms with van der Waals surface area (Å²) >= 11 is 4.61. The molecule has 0 aliphatic carbocycles. The first-order valence-electron chi connectivity index (χ1n) is 7.64. The van der Waals surface area contributed by atoms with Crippen LogP contribution in [0.5, 0.6) is 0 Å². The van der Waals surface area contributed by atoms with Gasteiger partial charge >= 0.3 is 0 Å². The van der Waals surface area contributed by atoms with Crippen molar-refractivity contribution in [2.24, 2.45) is 0 Å². The molecule has 0 radical (unpaired) electrons. The Kier molecular flexibility index (Phi) is 5.88. The number of hydrogen-bond acceptors (Lipinski definition) is 5. The van der Waals surface area contributed by atoms with E-state index in [4.69, 9.17) is 4.42 Å². The summed E-state index contributed by atoms with van der Waals surface area (Å²) in [5.41, 5.74) is 3.11. The molecular formula is C18H16BrN3O2S. The Bertz CT molecular complexity index is 848. The van der Waals surface area contributed by atoms with Crippen LogP contribution in [-0.4, -0.2) is 21.9 Å². The fourth-order valence-electron chi connectivity index (χ4n) is 2.06. The van der Waals surface area contributed by atoms with Gasteiger partial charge in [0.15, 0.2) is 0 Å². The number of rotatable bonds is 6. The Morgan fingerprint density at radius 3 is 2.56 bits per heavy atom. The summed E-state index contributed by atoms with van der Waals surface area (Å²) in [4.78, 5) is 11.9. The lowest BCUT2D eigenvalue weighted by atomic mass is 10.1. The van der Waals surface area contributed by atoms with Crippen LogP contribution in [0.1, 0.15) is 11.1 Å². The number of amides is 1. The highest BCUT2D eigenvalue weighted by Crippen LogP contribution is 2.24. The lowest BCUT2D eigenvalue weighted by Gasteiger charge is -2.04. The zero-order chi connectivity index (χ0) is 17.6. The molecule has 0 aliphatic heterocycles. The van der Waals surface area contributed by atoms with E-state index in [1.807, 2.05) is 55.5 Å². The van der Waals surface area contributed by atoms with Crippen LogP contribution in [-0.2, 0) is 11.3 Å². The van der Waals surface area contributed by atoms with Gasteiger partial charge in [-0.25, -0.2) is 0 Å². The van der Waals surface area contributed by atoms with E-state index in [-0.39, 0.29) is 11.7 Å². The van der Waals surface area contributed by atoms with Gasteiger partial charge in [-0.05, 0) is 36.8 Å². The molecule has 1 aromatic heterocycles. The maximum absolute atomic E-state index is 11.9. The second kappa shape index (κ2) is 8.31. The number of carbonyl (C=O) groups excluding carboxylic acids is 1. The van der Waals surface area contributed by atoms with Crippen LogP contribution in [0.15, 0.2) is 62.6 Å². The van der Waals surface area contributed by atoms with Crippen molar-refractivity contribution in [3.63, 3.8) is 0 Å². The number of halogens is 1. The molecule has 128 valence electrons. The van der Waals surface area contributed by atoms with Gasteiger partial charge in [0.1, 0.15) is 0 Å². The molecule has 1 N–H and O–H groups in total. The van der Waals surface area contributed by atoms with Crippen molar-refractivity contribution in [3.8, 4) is 11.5 Å². The second-order valence-corrected chi connectivity index (χ2v) is 7.27. The Morgan fingerprint density at radius 1 is 1.12 bits per heavy atom. The predicted octanol–water partition coefficient (Wildman–Crippen LogP) is 4.22. The molecule has 1 heterocycles. The van der Waals surface area contributed by atoms with Gasteiger partial charge in [0.25, 0.3) is 5.22 Å². The fourth-order valence-corrected chi connectivity index (χ4v) is 2.92. The van der Waals surface area contributed by atoms with Gasteiger partial charge in [-0.2, -0.15) is 0 Å². The summed E-state index contributed by atoms with van der Waals surface area (Å²) in [7, 11) is 0. The molecule has 7 heteroatoms. The van der Waals surface area contributed by atoms with Crippen LogP contribution in [0.4, 0.5) is 0 Å². The molecule has 1 amide bonds. The van der Waals surface area contributed by atoms with Crippen LogP contribution in [0.25, 0.3) is 11.5 Å². The van der Waals surface area contributed by atoms with Crippen molar-refractivity contribution in [3.05, 3.63) is 64.1 Å². The van der Waals surface area contributed by atoms with E-state index in [0.717, 1.165) is 15.6 Å². The van der Waals surface area contributed by atoms with E-state index in [0.29, 0.717) is 17.7 Å². The number of benzene rings is 2. The van der Waals surface area contributed by atoms with Crippen LogP contribution >= 0.6 is 27.7 Å². The van der Waals surface area contributed by atoms with E-state index < -0.39 is 0 Å². The summed E-state index contributed by atoms with van der Waals surface area (Å²) in [6, 6.07) is 15.7. The normalized spacial score (nSPS) is 10.6. The molecule has 0 fully saturated rings. The predicted molar refractivity (Wildman–Crippen MR) is 101 cm³/mol. The molecule has 3 aromatic rings. The van der Waals surface area contributed by atoms with Crippen LogP contribution in [0, 0.1) is 6.92 Å². The van der Waals surface area contributed by atoms with Crippen molar-refractivity contribution in [1.82, 2.24) is 15.5 Å². The van der Waals surface area contributed by atoms with E-state index in [9.17, 15) is 4.79 Å². The first-order valence-corrected chi connectivity index (χ1v) is 9.42. The number of aryl methyl sites for hydroxylation is 1. The van der Waals surface area contributed by atoms with Crippen molar-refractivity contribution in [2.75, 3.05) is 5.75 Å². The van der Waals surface area contributed by atoms with Crippen molar-refractivity contribution in [1.29, 1.82) is 0 Å². The highest BCUT2D eigenvalue weighted by atomic mass is 79.9. The molecule has 0 saturated heterocycles. The van der Waals surface area contributed by atoms with Gasteiger partial charge in [0.2, 0.25) is 11.8 Å². The Hall–Kier alpha value is -2.12. The summed E-state index contributed by atoms with van der Waals surface area (Å²) in [5.74, 6) is 0.595. The molecular weight excluding hydrogens is 402 g/mol. The first-order chi connectivity index (χ1) is 12.1. The third-order valence-corrected chi connectivity index (χ3v) is 4.78. The van der Waals surface area contributed by atoms with E-state index in [2.05, 4.69) is 31.4 Å². The number of hydrogen-bond donors (Lipinski definition) is 1. The maximum Gasteiger partial charge on any atom is 0.277 e. The smallest absolute Gasteiger partial charge is 0.277 e. The van der Waals surface area contributed by atoms with Crippen LogP contribution in [0.2, 0.25) is 0 Å². The lowest BCUT2D eigenvalue weighted by Crippen LogP contribution is -2.24. The molecule has 0 aliphatic rings. The topological polar surface area (TPSA) is 68.0 Å². The zero-order valence-corrected chi connectivity index (χ0v) is 15.9. The quantitative estimate of drug-likeness (QED) is 0.608. The molecule has 0 bridgehead atoms. The van der Waals surface area contributed by atoms with E-state index in [1.165, 1.54) is 17.3 Å².